The topological polar surface area (TPSA) is 48.0 Å². The minimum Gasteiger partial charge on any atom is -0.361 e. The SMILES string of the molecule is C=C(CC1OCCO1)C(=O)N(COCC[Si](C)(C)C)c1ccc(Cl)cc1I. The number of carbonyl (C=O) groups is 1. The van der Waals surface area contributed by atoms with Crippen molar-refractivity contribution in [1.82, 2.24) is 0 Å². The third-order valence-corrected chi connectivity index (χ3v) is 6.87. The Morgan fingerprint density at radius 1 is 1.37 bits per heavy atom. The number of benzene rings is 1. The van der Waals surface area contributed by atoms with Crippen LogP contribution in [-0.2, 0) is 19.0 Å². The summed E-state index contributed by atoms with van der Waals surface area (Å²) in [4.78, 5) is 14.7. The van der Waals surface area contributed by atoms with Crippen molar-refractivity contribution in [3.63, 3.8) is 0 Å². The highest BCUT2D eigenvalue weighted by Gasteiger charge is 2.25. The second kappa shape index (κ2) is 10.4. The van der Waals surface area contributed by atoms with E-state index in [0.717, 1.165) is 15.3 Å². The van der Waals surface area contributed by atoms with E-state index in [1.54, 1.807) is 11.0 Å². The van der Waals surface area contributed by atoms with Crippen molar-refractivity contribution in [3.05, 3.63) is 38.9 Å². The molecule has 2 rings (SSSR count). The molecule has 27 heavy (non-hydrogen) atoms. The van der Waals surface area contributed by atoms with Crippen molar-refractivity contribution >= 4 is 53.9 Å². The number of hydrogen-bond donors (Lipinski definition) is 0. The van der Waals surface area contributed by atoms with Crippen molar-refractivity contribution in [2.75, 3.05) is 31.5 Å². The van der Waals surface area contributed by atoms with E-state index in [1.807, 2.05) is 12.1 Å². The number of hydrogen-bond acceptors (Lipinski definition) is 4. The Balaban J connectivity index is 2.10. The molecule has 1 amide bonds. The van der Waals surface area contributed by atoms with Crippen molar-refractivity contribution in [2.45, 2.75) is 38.4 Å². The summed E-state index contributed by atoms with van der Waals surface area (Å²) in [7, 11) is -1.20. The zero-order valence-corrected chi connectivity index (χ0v) is 20.0. The van der Waals surface area contributed by atoms with Gasteiger partial charge in [0.25, 0.3) is 5.91 Å². The number of rotatable bonds is 9. The highest BCUT2D eigenvalue weighted by atomic mass is 127. The summed E-state index contributed by atoms with van der Waals surface area (Å²) < 4.78 is 17.6. The van der Waals surface area contributed by atoms with Gasteiger partial charge >= 0.3 is 0 Å². The van der Waals surface area contributed by atoms with Gasteiger partial charge in [-0.1, -0.05) is 37.8 Å². The molecular weight excluding hydrogens is 497 g/mol. The Kier molecular flexibility index (Phi) is 8.76. The normalized spacial score (nSPS) is 15.1. The second-order valence-electron chi connectivity index (χ2n) is 7.66. The lowest BCUT2D eigenvalue weighted by atomic mass is 10.1. The van der Waals surface area contributed by atoms with Crippen molar-refractivity contribution < 1.29 is 19.0 Å². The van der Waals surface area contributed by atoms with Gasteiger partial charge in [0.15, 0.2) is 6.29 Å². The molecule has 0 saturated carbocycles. The molecule has 1 saturated heterocycles. The fraction of sp³-hybridized carbons (Fsp3) is 0.526. The maximum absolute atomic E-state index is 13.1. The first-order chi connectivity index (χ1) is 12.7. The molecule has 0 spiro atoms. The molecule has 0 radical (unpaired) electrons. The van der Waals surface area contributed by atoms with Crippen LogP contribution in [0.3, 0.4) is 0 Å². The molecular formula is C19H27ClINO4Si. The molecule has 0 aliphatic carbocycles. The van der Waals surface area contributed by atoms with E-state index in [1.165, 1.54) is 0 Å². The molecule has 5 nitrogen and oxygen atoms in total. The molecule has 0 N–H and O–H groups in total. The van der Waals surface area contributed by atoms with E-state index in [9.17, 15) is 4.79 Å². The maximum Gasteiger partial charge on any atom is 0.255 e. The zero-order valence-electron chi connectivity index (χ0n) is 16.1. The fourth-order valence-electron chi connectivity index (χ4n) is 2.48. The summed E-state index contributed by atoms with van der Waals surface area (Å²) >= 11 is 8.24. The van der Waals surface area contributed by atoms with E-state index in [-0.39, 0.29) is 12.6 Å². The van der Waals surface area contributed by atoms with Gasteiger partial charge < -0.3 is 14.2 Å². The summed E-state index contributed by atoms with van der Waals surface area (Å²) in [5, 5.41) is 0.627. The van der Waals surface area contributed by atoms with Crippen molar-refractivity contribution in [3.8, 4) is 0 Å². The Morgan fingerprint density at radius 2 is 2.04 bits per heavy atom. The molecule has 0 atom stereocenters. The van der Waals surface area contributed by atoms with Crippen LogP contribution in [0, 0.1) is 3.57 Å². The molecule has 0 aromatic heterocycles. The van der Waals surface area contributed by atoms with E-state index in [0.29, 0.717) is 36.8 Å². The van der Waals surface area contributed by atoms with Gasteiger partial charge in [0, 0.05) is 35.3 Å². The summed E-state index contributed by atoms with van der Waals surface area (Å²) in [6.45, 7) is 12.7. The third kappa shape index (κ3) is 7.47. The minimum absolute atomic E-state index is 0.173. The number of carbonyl (C=O) groups excluding carboxylic acids is 1. The predicted molar refractivity (Wildman–Crippen MR) is 120 cm³/mol. The van der Waals surface area contributed by atoms with Crippen LogP contribution >= 0.6 is 34.2 Å². The van der Waals surface area contributed by atoms with Crippen LogP contribution in [0.4, 0.5) is 5.69 Å². The molecule has 0 unspecified atom stereocenters. The summed E-state index contributed by atoms with van der Waals surface area (Å²) in [5.74, 6) is -0.192. The largest absolute Gasteiger partial charge is 0.361 e. The smallest absolute Gasteiger partial charge is 0.255 e. The number of halogens is 2. The lowest BCUT2D eigenvalue weighted by Crippen LogP contribution is -2.36. The molecule has 1 aliphatic heterocycles. The van der Waals surface area contributed by atoms with Crippen molar-refractivity contribution in [1.29, 1.82) is 0 Å². The van der Waals surface area contributed by atoms with Crippen LogP contribution < -0.4 is 4.90 Å². The second-order valence-corrected chi connectivity index (χ2v) is 14.9. The van der Waals surface area contributed by atoms with Gasteiger partial charge in [0.2, 0.25) is 0 Å². The van der Waals surface area contributed by atoms with Gasteiger partial charge in [-0.3, -0.25) is 9.69 Å². The number of anilines is 1. The molecule has 1 fully saturated rings. The summed E-state index contributed by atoms with van der Waals surface area (Å²) in [6, 6.07) is 6.47. The molecule has 1 aliphatic rings. The Morgan fingerprint density at radius 3 is 2.63 bits per heavy atom. The van der Waals surface area contributed by atoms with Crippen LogP contribution in [0.2, 0.25) is 30.7 Å². The van der Waals surface area contributed by atoms with Crippen LogP contribution in [0.1, 0.15) is 6.42 Å². The predicted octanol–water partition coefficient (Wildman–Crippen LogP) is 4.91. The number of ether oxygens (including phenoxy) is 3. The van der Waals surface area contributed by atoms with E-state index < -0.39 is 14.4 Å². The van der Waals surface area contributed by atoms with Gasteiger partial charge in [-0.2, -0.15) is 0 Å². The van der Waals surface area contributed by atoms with Gasteiger partial charge in [0.1, 0.15) is 6.73 Å². The van der Waals surface area contributed by atoms with Gasteiger partial charge in [-0.15, -0.1) is 0 Å². The highest BCUT2D eigenvalue weighted by Crippen LogP contribution is 2.28. The van der Waals surface area contributed by atoms with Crippen LogP contribution in [0.5, 0.6) is 0 Å². The lowest BCUT2D eigenvalue weighted by molar-refractivity contribution is -0.117. The van der Waals surface area contributed by atoms with E-state index >= 15 is 0 Å². The molecule has 0 bridgehead atoms. The highest BCUT2D eigenvalue weighted by molar-refractivity contribution is 14.1. The molecule has 1 heterocycles. The van der Waals surface area contributed by atoms with Gasteiger partial charge in [-0.25, -0.2) is 0 Å². The minimum atomic E-state index is -1.20. The Hall–Kier alpha value is -0.453. The molecule has 1 aromatic carbocycles. The quantitative estimate of drug-likeness (QED) is 0.152. The van der Waals surface area contributed by atoms with Crippen LogP contribution in [0.25, 0.3) is 0 Å². The van der Waals surface area contributed by atoms with Crippen LogP contribution in [0.15, 0.2) is 30.4 Å². The lowest BCUT2D eigenvalue weighted by Gasteiger charge is -2.26. The standard InChI is InChI=1S/C19H27ClINO4Si/c1-14(11-18-25-7-8-26-18)19(23)22(13-24-9-10-27(2,3)4)17-6-5-15(20)12-16(17)21/h5-6,12,18H,1,7-11,13H2,2-4H3. The third-order valence-electron chi connectivity index (χ3n) is 4.07. The van der Waals surface area contributed by atoms with E-state index in [2.05, 4.69) is 48.8 Å². The average Bonchev–Trinajstić information content (AvgIpc) is 3.07. The molecule has 1 aromatic rings. The fourth-order valence-corrected chi connectivity index (χ4v) is 4.40. The van der Waals surface area contributed by atoms with Crippen LogP contribution in [-0.4, -0.2) is 46.8 Å². The molecule has 8 heteroatoms. The first-order valence-electron chi connectivity index (χ1n) is 8.93. The summed E-state index contributed by atoms with van der Waals surface area (Å²) in [5.41, 5.74) is 1.19. The van der Waals surface area contributed by atoms with Gasteiger partial charge in [-0.05, 0) is 46.8 Å². The maximum atomic E-state index is 13.1. The Bertz CT molecular complexity index is 674. The number of nitrogens with zero attached hydrogens (tertiary/aromatic N) is 1. The zero-order chi connectivity index (χ0) is 20.0. The van der Waals surface area contributed by atoms with Crippen molar-refractivity contribution in [2.24, 2.45) is 0 Å². The van der Waals surface area contributed by atoms with E-state index in [4.69, 9.17) is 25.8 Å². The molecule has 150 valence electrons. The Labute approximate surface area is 181 Å². The first-order valence-corrected chi connectivity index (χ1v) is 14.1. The first kappa shape index (κ1) is 22.8. The number of amides is 1. The van der Waals surface area contributed by atoms with Gasteiger partial charge in [0.05, 0.1) is 18.9 Å². The monoisotopic (exact) mass is 523 g/mol. The average molecular weight is 524 g/mol. The summed E-state index contributed by atoms with van der Waals surface area (Å²) in [6.07, 6.45) is -0.0607.